The molecule has 0 unspecified atom stereocenters. The Morgan fingerprint density at radius 2 is 1.79 bits per heavy atom. The molecule has 1 aromatic carbocycles. The quantitative estimate of drug-likeness (QED) is 0.774. The summed E-state index contributed by atoms with van der Waals surface area (Å²) in [6.07, 6.45) is 0.530. The van der Waals surface area contributed by atoms with Gasteiger partial charge in [0.05, 0.1) is 17.8 Å². The zero-order chi connectivity index (χ0) is 13.4. The molecule has 0 radical (unpaired) electrons. The Kier molecular flexibility index (Phi) is 2.74. The van der Waals surface area contributed by atoms with Gasteiger partial charge in [0.2, 0.25) is 11.8 Å². The number of halogens is 1. The molecule has 1 aromatic heterocycles. The van der Waals surface area contributed by atoms with Crippen molar-refractivity contribution < 1.29 is 14.0 Å². The number of imide groups is 1. The average Bonchev–Trinajstić information content (AvgIpc) is 2.70. The number of aromatic nitrogens is 1. The van der Waals surface area contributed by atoms with Crippen LogP contribution in [0.1, 0.15) is 18.5 Å². The largest absolute Gasteiger partial charge is 0.277 e. The van der Waals surface area contributed by atoms with Gasteiger partial charge in [-0.25, -0.2) is 4.39 Å². The van der Waals surface area contributed by atoms with Gasteiger partial charge in [0.1, 0.15) is 5.82 Å². The second-order valence-electron chi connectivity index (χ2n) is 4.51. The van der Waals surface area contributed by atoms with Gasteiger partial charge in [-0.3, -0.25) is 19.5 Å². The van der Waals surface area contributed by atoms with E-state index < -0.39 is 0 Å². The van der Waals surface area contributed by atoms with Gasteiger partial charge >= 0.3 is 0 Å². The zero-order valence-corrected chi connectivity index (χ0v) is 10.1. The normalized spacial score (nSPS) is 15.5. The molecule has 1 fully saturated rings. The smallest absolute Gasteiger partial charge is 0.230 e. The Hall–Kier alpha value is -2.30. The summed E-state index contributed by atoms with van der Waals surface area (Å²) >= 11 is 0. The fraction of sp³-hybridized carbons (Fsp3) is 0.214. The zero-order valence-electron chi connectivity index (χ0n) is 10.1. The summed E-state index contributed by atoms with van der Waals surface area (Å²) in [6.45, 7) is 0.157. The highest BCUT2D eigenvalue weighted by molar-refractivity contribution is 6.01. The van der Waals surface area contributed by atoms with Gasteiger partial charge in [0.15, 0.2) is 0 Å². The minimum absolute atomic E-state index is 0.157. The maximum atomic E-state index is 13.1. The number of carbonyl (C=O) groups excluding carboxylic acids is 2. The minimum Gasteiger partial charge on any atom is -0.277 e. The van der Waals surface area contributed by atoms with Crippen molar-refractivity contribution in [1.82, 2.24) is 9.88 Å². The van der Waals surface area contributed by atoms with Crippen LogP contribution in [0.25, 0.3) is 10.9 Å². The second kappa shape index (κ2) is 4.42. The number of rotatable bonds is 2. The van der Waals surface area contributed by atoms with Crippen LogP contribution in [0.5, 0.6) is 0 Å². The summed E-state index contributed by atoms with van der Waals surface area (Å²) < 4.78 is 13.1. The third-order valence-electron chi connectivity index (χ3n) is 3.19. The van der Waals surface area contributed by atoms with Gasteiger partial charge in [-0.15, -0.1) is 0 Å². The van der Waals surface area contributed by atoms with Crippen LogP contribution in [0.3, 0.4) is 0 Å². The van der Waals surface area contributed by atoms with E-state index in [-0.39, 0.29) is 37.0 Å². The summed E-state index contributed by atoms with van der Waals surface area (Å²) in [7, 11) is 0. The molecule has 96 valence electrons. The molecule has 1 aliphatic rings. The van der Waals surface area contributed by atoms with Crippen molar-refractivity contribution >= 4 is 22.7 Å². The molecule has 0 spiro atoms. The Morgan fingerprint density at radius 1 is 1.11 bits per heavy atom. The second-order valence-corrected chi connectivity index (χ2v) is 4.51. The van der Waals surface area contributed by atoms with E-state index in [0.717, 1.165) is 5.39 Å². The number of benzene rings is 1. The highest BCUT2D eigenvalue weighted by atomic mass is 19.1. The number of hydrogen-bond donors (Lipinski definition) is 0. The number of hydrogen-bond acceptors (Lipinski definition) is 3. The first-order valence-electron chi connectivity index (χ1n) is 6.02. The predicted octanol–water partition coefficient (Wildman–Crippen LogP) is 2.02. The molecule has 0 aliphatic carbocycles. The van der Waals surface area contributed by atoms with E-state index >= 15 is 0 Å². The summed E-state index contributed by atoms with van der Waals surface area (Å²) in [4.78, 5) is 28.5. The van der Waals surface area contributed by atoms with Crippen LogP contribution in [-0.2, 0) is 16.1 Å². The molecule has 0 saturated carbocycles. The van der Waals surface area contributed by atoms with Crippen molar-refractivity contribution in [3.8, 4) is 0 Å². The van der Waals surface area contributed by atoms with Gasteiger partial charge in [-0.2, -0.15) is 0 Å². The van der Waals surface area contributed by atoms with Crippen molar-refractivity contribution in [3.05, 3.63) is 41.8 Å². The number of likely N-dealkylation sites (tertiary alicyclic amines) is 1. The highest BCUT2D eigenvalue weighted by Crippen LogP contribution is 2.18. The number of pyridine rings is 1. The average molecular weight is 258 g/mol. The van der Waals surface area contributed by atoms with Crippen molar-refractivity contribution in [3.63, 3.8) is 0 Å². The monoisotopic (exact) mass is 258 g/mol. The molecule has 0 N–H and O–H groups in total. The van der Waals surface area contributed by atoms with E-state index in [1.165, 1.54) is 17.0 Å². The third-order valence-corrected chi connectivity index (χ3v) is 3.19. The lowest BCUT2D eigenvalue weighted by Crippen LogP contribution is -2.28. The van der Waals surface area contributed by atoms with Crippen molar-refractivity contribution in [2.75, 3.05) is 0 Å². The molecular weight excluding hydrogens is 247 g/mol. The fourth-order valence-electron chi connectivity index (χ4n) is 2.18. The van der Waals surface area contributed by atoms with Crippen LogP contribution >= 0.6 is 0 Å². The van der Waals surface area contributed by atoms with E-state index in [4.69, 9.17) is 0 Å². The Morgan fingerprint density at radius 3 is 2.53 bits per heavy atom. The molecule has 0 bridgehead atoms. The predicted molar refractivity (Wildman–Crippen MR) is 66.5 cm³/mol. The van der Waals surface area contributed by atoms with Crippen LogP contribution < -0.4 is 0 Å². The molecule has 19 heavy (non-hydrogen) atoms. The van der Waals surface area contributed by atoms with Crippen LogP contribution in [0.15, 0.2) is 30.3 Å². The number of fused-ring (bicyclic) bond motifs is 1. The lowest BCUT2D eigenvalue weighted by molar-refractivity contribution is -0.139. The van der Waals surface area contributed by atoms with Crippen LogP contribution in [-0.4, -0.2) is 21.7 Å². The van der Waals surface area contributed by atoms with Crippen LogP contribution in [0.2, 0.25) is 0 Å². The molecule has 0 atom stereocenters. The number of nitrogens with zero attached hydrogens (tertiary/aromatic N) is 2. The summed E-state index contributed by atoms with van der Waals surface area (Å²) in [5, 5.41) is 0.823. The Balaban J connectivity index is 1.93. The van der Waals surface area contributed by atoms with E-state index in [9.17, 15) is 14.0 Å². The summed E-state index contributed by atoms with van der Waals surface area (Å²) in [5.41, 5.74) is 1.11. The summed E-state index contributed by atoms with van der Waals surface area (Å²) in [5.74, 6) is -0.706. The molecule has 1 saturated heterocycles. The van der Waals surface area contributed by atoms with Crippen molar-refractivity contribution in [2.45, 2.75) is 19.4 Å². The van der Waals surface area contributed by atoms with E-state index in [1.807, 2.05) is 6.07 Å². The van der Waals surface area contributed by atoms with Crippen molar-refractivity contribution in [2.24, 2.45) is 0 Å². The third kappa shape index (κ3) is 2.19. The van der Waals surface area contributed by atoms with Crippen LogP contribution in [0.4, 0.5) is 4.39 Å². The lowest BCUT2D eigenvalue weighted by Gasteiger charge is -2.13. The van der Waals surface area contributed by atoms with Gasteiger partial charge in [0, 0.05) is 24.3 Å². The maximum absolute atomic E-state index is 13.1. The van der Waals surface area contributed by atoms with E-state index in [2.05, 4.69) is 4.98 Å². The van der Waals surface area contributed by atoms with Gasteiger partial charge in [-0.05, 0) is 18.2 Å². The maximum Gasteiger partial charge on any atom is 0.230 e. The molecule has 3 rings (SSSR count). The first-order chi connectivity index (χ1) is 9.13. The standard InChI is InChI=1S/C14H11FN2O2/c15-10-3-1-9-2-4-11(16-12(9)7-10)8-17-13(18)5-6-14(17)19/h1-4,7H,5-6,8H2. The lowest BCUT2D eigenvalue weighted by atomic mass is 10.2. The van der Waals surface area contributed by atoms with Crippen LogP contribution in [0, 0.1) is 5.82 Å². The summed E-state index contributed by atoms with van der Waals surface area (Å²) in [6, 6.07) is 7.92. The molecule has 2 heterocycles. The number of carbonyl (C=O) groups is 2. The Labute approximate surface area is 108 Å². The van der Waals surface area contributed by atoms with E-state index in [1.54, 1.807) is 12.1 Å². The van der Waals surface area contributed by atoms with Crippen molar-refractivity contribution in [1.29, 1.82) is 0 Å². The molecular formula is C14H11FN2O2. The minimum atomic E-state index is -0.356. The molecule has 2 aromatic rings. The first kappa shape index (κ1) is 11.8. The Bertz CT molecular complexity index is 668. The SMILES string of the molecule is O=C1CCC(=O)N1Cc1ccc2ccc(F)cc2n1. The topological polar surface area (TPSA) is 50.3 Å². The van der Waals surface area contributed by atoms with Gasteiger partial charge in [-0.1, -0.05) is 6.07 Å². The first-order valence-corrected chi connectivity index (χ1v) is 6.02. The highest BCUT2D eigenvalue weighted by Gasteiger charge is 2.28. The van der Waals surface area contributed by atoms with E-state index in [0.29, 0.717) is 11.2 Å². The number of amides is 2. The van der Waals surface area contributed by atoms with Gasteiger partial charge in [0.25, 0.3) is 0 Å². The molecule has 2 amide bonds. The fourth-order valence-corrected chi connectivity index (χ4v) is 2.18. The molecule has 1 aliphatic heterocycles. The molecule has 5 heteroatoms. The van der Waals surface area contributed by atoms with Gasteiger partial charge < -0.3 is 0 Å². The molecule has 4 nitrogen and oxygen atoms in total.